The number of benzene rings is 1. The highest BCUT2D eigenvalue weighted by atomic mass is 35.5. The lowest BCUT2D eigenvalue weighted by Gasteiger charge is -2.17. The van der Waals surface area contributed by atoms with Crippen molar-refractivity contribution in [2.24, 2.45) is 0 Å². The zero-order chi connectivity index (χ0) is 16.4. The van der Waals surface area contributed by atoms with Gasteiger partial charge in [0.2, 0.25) is 0 Å². The van der Waals surface area contributed by atoms with Crippen LogP contribution in [0.4, 0.5) is 16.3 Å². The van der Waals surface area contributed by atoms with Gasteiger partial charge in [-0.25, -0.2) is 9.78 Å². The van der Waals surface area contributed by atoms with Crippen molar-refractivity contribution in [2.75, 3.05) is 23.3 Å². The molecule has 1 saturated heterocycles. The molecule has 0 unspecified atom stereocenters. The molecule has 23 heavy (non-hydrogen) atoms. The quantitative estimate of drug-likeness (QED) is 0.908. The molecule has 2 aromatic rings. The number of aryl methyl sites for hydroxylation is 1. The standard InChI is InChI=1S/C16H15ClN4O2/c1-10-8-11(2-4-13(10)21-7-6-18-16(21)23)15(22)20-14-5-3-12(17)9-19-14/h2-5,8-9H,6-7H2,1H3,(H,18,23)(H,19,20,22). The molecule has 1 aromatic carbocycles. The summed E-state index contributed by atoms with van der Waals surface area (Å²) in [5.74, 6) is 0.167. The van der Waals surface area contributed by atoms with Gasteiger partial charge in [0.1, 0.15) is 5.82 Å². The van der Waals surface area contributed by atoms with Crippen molar-refractivity contribution >= 4 is 35.0 Å². The Kier molecular flexibility index (Phi) is 4.16. The van der Waals surface area contributed by atoms with Gasteiger partial charge in [0.05, 0.1) is 5.02 Å². The maximum atomic E-state index is 12.3. The molecule has 0 saturated carbocycles. The van der Waals surface area contributed by atoms with E-state index in [1.807, 2.05) is 6.92 Å². The molecule has 6 nitrogen and oxygen atoms in total. The normalized spacial score (nSPS) is 13.8. The van der Waals surface area contributed by atoms with Crippen LogP contribution in [0.1, 0.15) is 15.9 Å². The SMILES string of the molecule is Cc1cc(C(=O)Nc2ccc(Cl)cn2)ccc1N1CCNC1=O. The number of aromatic nitrogens is 1. The fourth-order valence-corrected chi connectivity index (χ4v) is 2.55. The molecule has 2 N–H and O–H groups in total. The number of nitrogens with one attached hydrogen (secondary N) is 2. The molecule has 3 rings (SSSR count). The highest BCUT2D eigenvalue weighted by Gasteiger charge is 2.23. The van der Waals surface area contributed by atoms with E-state index in [0.29, 0.717) is 29.5 Å². The second-order valence-electron chi connectivity index (χ2n) is 5.20. The summed E-state index contributed by atoms with van der Waals surface area (Å²) in [4.78, 5) is 29.7. The van der Waals surface area contributed by atoms with Crippen LogP contribution >= 0.6 is 11.6 Å². The number of anilines is 2. The maximum Gasteiger partial charge on any atom is 0.322 e. The molecule has 0 bridgehead atoms. The number of pyridine rings is 1. The molecule has 1 aliphatic rings. The largest absolute Gasteiger partial charge is 0.336 e. The summed E-state index contributed by atoms with van der Waals surface area (Å²) < 4.78 is 0. The summed E-state index contributed by atoms with van der Waals surface area (Å²) >= 11 is 5.76. The van der Waals surface area contributed by atoms with Crippen LogP contribution in [0, 0.1) is 6.92 Å². The van der Waals surface area contributed by atoms with Gasteiger partial charge in [-0.15, -0.1) is 0 Å². The molecular formula is C16H15ClN4O2. The molecule has 0 radical (unpaired) electrons. The van der Waals surface area contributed by atoms with E-state index in [2.05, 4.69) is 15.6 Å². The number of amides is 3. The fourth-order valence-electron chi connectivity index (χ4n) is 2.44. The second-order valence-corrected chi connectivity index (χ2v) is 5.64. The minimum atomic E-state index is -0.264. The molecular weight excluding hydrogens is 316 g/mol. The minimum Gasteiger partial charge on any atom is -0.336 e. The van der Waals surface area contributed by atoms with Crippen LogP contribution in [-0.4, -0.2) is 30.0 Å². The summed E-state index contributed by atoms with van der Waals surface area (Å²) in [6, 6.07) is 8.41. The average Bonchev–Trinajstić information content (AvgIpc) is 2.95. The topological polar surface area (TPSA) is 74.3 Å². The number of nitrogens with zero attached hydrogens (tertiary/aromatic N) is 2. The Morgan fingerprint density at radius 2 is 2.17 bits per heavy atom. The lowest BCUT2D eigenvalue weighted by molar-refractivity contribution is 0.102. The van der Waals surface area contributed by atoms with Gasteiger partial charge in [-0.2, -0.15) is 0 Å². The Morgan fingerprint density at radius 3 is 2.78 bits per heavy atom. The molecule has 1 fully saturated rings. The number of urea groups is 1. The second kappa shape index (κ2) is 6.26. The van der Waals surface area contributed by atoms with E-state index in [9.17, 15) is 9.59 Å². The Bertz CT molecular complexity index is 761. The Morgan fingerprint density at radius 1 is 1.35 bits per heavy atom. The van der Waals surface area contributed by atoms with Gasteiger partial charge in [-0.3, -0.25) is 9.69 Å². The lowest BCUT2D eigenvalue weighted by atomic mass is 10.1. The zero-order valence-electron chi connectivity index (χ0n) is 12.5. The number of rotatable bonds is 3. The summed E-state index contributed by atoms with van der Waals surface area (Å²) in [6.45, 7) is 3.13. The number of carbonyl (C=O) groups excluding carboxylic acids is 2. The van der Waals surface area contributed by atoms with Crippen LogP contribution in [-0.2, 0) is 0 Å². The van der Waals surface area contributed by atoms with Crippen molar-refractivity contribution in [2.45, 2.75) is 6.92 Å². The third kappa shape index (κ3) is 3.27. The lowest BCUT2D eigenvalue weighted by Crippen LogP contribution is -2.28. The first-order valence-electron chi connectivity index (χ1n) is 7.13. The van der Waals surface area contributed by atoms with Crippen molar-refractivity contribution < 1.29 is 9.59 Å². The molecule has 1 aliphatic heterocycles. The number of halogens is 1. The van der Waals surface area contributed by atoms with E-state index >= 15 is 0 Å². The third-order valence-electron chi connectivity index (χ3n) is 3.58. The predicted molar refractivity (Wildman–Crippen MR) is 89.1 cm³/mol. The smallest absolute Gasteiger partial charge is 0.322 e. The molecule has 118 valence electrons. The van der Waals surface area contributed by atoms with E-state index in [1.165, 1.54) is 6.20 Å². The molecule has 0 atom stereocenters. The monoisotopic (exact) mass is 330 g/mol. The van der Waals surface area contributed by atoms with E-state index in [0.717, 1.165) is 11.3 Å². The van der Waals surface area contributed by atoms with Gasteiger partial charge in [-0.05, 0) is 42.8 Å². The van der Waals surface area contributed by atoms with Crippen LogP contribution in [0.2, 0.25) is 5.02 Å². The van der Waals surface area contributed by atoms with Crippen molar-refractivity contribution in [3.05, 3.63) is 52.7 Å². The van der Waals surface area contributed by atoms with Crippen LogP contribution in [0.15, 0.2) is 36.5 Å². The highest BCUT2D eigenvalue weighted by molar-refractivity contribution is 6.30. The van der Waals surface area contributed by atoms with Gasteiger partial charge < -0.3 is 10.6 Å². The van der Waals surface area contributed by atoms with Crippen LogP contribution < -0.4 is 15.5 Å². The predicted octanol–water partition coefficient (Wildman–Crippen LogP) is 2.83. The molecule has 0 aliphatic carbocycles. The van der Waals surface area contributed by atoms with Gasteiger partial charge in [0.15, 0.2) is 0 Å². The molecule has 2 heterocycles. The molecule has 7 heteroatoms. The van der Waals surface area contributed by atoms with E-state index in [4.69, 9.17) is 11.6 Å². The van der Waals surface area contributed by atoms with Crippen LogP contribution in [0.25, 0.3) is 0 Å². The highest BCUT2D eigenvalue weighted by Crippen LogP contribution is 2.23. The first-order valence-corrected chi connectivity index (χ1v) is 7.51. The van der Waals surface area contributed by atoms with Gasteiger partial charge in [0.25, 0.3) is 5.91 Å². The summed E-state index contributed by atoms with van der Waals surface area (Å²) in [5.41, 5.74) is 2.17. The number of hydrogen-bond acceptors (Lipinski definition) is 3. The van der Waals surface area contributed by atoms with Crippen molar-refractivity contribution in [1.29, 1.82) is 0 Å². The Labute approximate surface area is 138 Å². The van der Waals surface area contributed by atoms with Crippen LogP contribution in [0.5, 0.6) is 0 Å². The molecule has 1 aromatic heterocycles. The fraction of sp³-hybridized carbons (Fsp3) is 0.188. The molecule has 3 amide bonds. The van der Waals surface area contributed by atoms with Crippen molar-refractivity contribution in [1.82, 2.24) is 10.3 Å². The third-order valence-corrected chi connectivity index (χ3v) is 3.80. The van der Waals surface area contributed by atoms with Crippen LogP contribution in [0.3, 0.4) is 0 Å². The number of hydrogen-bond donors (Lipinski definition) is 2. The summed E-state index contributed by atoms with van der Waals surface area (Å²) in [7, 11) is 0. The van der Waals surface area contributed by atoms with Crippen molar-refractivity contribution in [3.63, 3.8) is 0 Å². The van der Waals surface area contributed by atoms with Gasteiger partial charge in [-0.1, -0.05) is 11.6 Å². The number of carbonyl (C=O) groups is 2. The average molecular weight is 331 g/mol. The Hall–Kier alpha value is -2.60. The van der Waals surface area contributed by atoms with E-state index in [1.54, 1.807) is 35.2 Å². The van der Waals surface area contributed by atoms with E-state index < -0.39 is 0 Å². The first kappa shape index (κ1) is 15.3. The zero-order valence-corrected chi connectivity index (χ0v) is 13.2. The van der Waals surface area contributed by atoms with E-state index in [-0.39, 0.29) is 11.9 Å². The first-order chi connectivity index (χ1) is 11.0. The minimum absolute atomic E-state index is 0.115. The maximum absolute atomic E-state index is 12.3. The summed E-state index contributed by atoms with van der Waals surface area (Å²) in [5, 5.41) is 5.97. The Balaban J connectivity index is 1.78. The van der Waals surface area contributed by atoms with Gasteiger partial charge >= 0.3 is 6.03 Å². The summed E-state index contributed by atoms with van der Waals surface area (Å²) in [6.07, 6.45) is 1.47. The van der Waals surface area contributed by atoms with Crippen molar-refractivity contribution in [3.8, 4) is 0 Å². The van der Waals surface area contributed by atoms with Gasteiger partial charge in [0, 0.05) is 30.5 Å². The molecule has 0 spiro atoms.